The van der Waals surface area contributed by atoms with Gasteiger partial charge in [0, 0.05) is 19.7 Å². The lowest BCUT2D eigenvalue weighted by Crippen LogP contribution is -2.13. The number of hydrogen-bond donors (Lipinski definition) is 2. The van der Waals surface area contributed by atoms with Crippen molar-refractivity contribution in [2.75, 3.05) is 6.61 Å². The highest BCUT2D eigenvalue weighted by Gasteiger charge is 2.05. The summed E-state index contributed by atoms with van der Waals surface area (Å²) < 4.78 is 7.42. The van der Waals surface area contributed by atoms with Crippen LogP contribution in [0.2, 0.25) is 0 Å². The molecule has 0 spiro atoms. The number of hydrogen-bond acceptors (Lipinski definition) is 3. The molecular weight excluding hydrogens is 228 g/mol. The van der Waals surface area contributed by atoms with Gasteiger partial charge in [0.15, 0.2) is 0 Å². The predicted octanol–water partition coefficient (Wildman–Crippen LogP) is 1.33. The van der Waals surface area contributed by atoms with Gasteiger partial charge in [-0.3, -0.25) is 10.1 Å². The largest absolute Gasteiger partial charge is 0.492 e. The summed E-state index contributed by atoms with van der Waals surface area (Å²) in [4.78, 5) is 0. The van der Waals surface area contributed by atoms with E-state index in [0.29, 0.717) is 17.9 Å². The standard InChI is InChI=1S/C13H16N4O/c1-17-9-10(8-16-17)6-7-18-12-5-3-2-4-11(12)13(14)15/h2-5,8-9H,6-7H2,1H3,(H3,14,15). The molecule has 0 saturated heterocycles. The van der Waals surface area contributed by atoms with E-state index in [9.17, 15) is 0 Å². The van der Waals surface area contributed by atoms with Gasteiger partial charge in [-0.1, -0.05) is 12.1 Å². The average molecular weight is 244 g/mol. The molecule has 5 heteroatoms. The maximum absolute atomic E-state index is 7.46. The van der Waals surface area contributed by atoms with Crippen molar-refractivity contribution in [2.24, 2.45) is 12.8 Å². The Bertz CT molecular complexity index is 547. The fourth-order valence-corrected chi connectivity index (χ4v) is 1.69. The SMILES string of the molecule is Cn1cc(CCOc2ccccc2C(=N)N)cn1. The third-order valence-electron chi connectivity index (χ3n) is 2.58. The number of aromatic nitrogens is 2. The Morgan fingerprint density at radius 2 is 2.22 bits per heavy atom. The van der Waals surface area contributed by atoms with E-state index < -0.39 is 0 Å². The predicted molar refractivity (Wildman–Crippen MR) is 69.9 cm³/mol. The van der Waals surface area contributed by atoms with Crippen LogP contribution in [0.5, 0.6) is 5.75 Å². The Hall–Kier alpha value is -2.30. The molecule has 2 aromatic rings. The van der Waals surface area contributed by atoms with Crippen molar-refractivity contribution in [3.05, 3.63) is 47.8 Å². The fourth-order valence-electron chi connectivity index (χ4n) is 1.69. The number of aryl methyl sites for hydroxylation is 1. The minimum Gasteiger partial charge on any atom is -0.492 e. The number of amidine groups is 1. The lowest BCUT2D eigenvalue weighted by atomic mass is 10.2. The number of benzene rings is 1. The third kappa shape index (κ3) is 2.88. The quantitative estimate of drug-likeness (QED) is 0.615. The zero-order valence-corrected chi connectivity index (χ0v) is 10.3. The summed E-state index contributed by atoms with van der Waals surface area (Å²) in [6.07, 6.45) is 4.56. The number of nitrogen functional groups attached to an aromatic ring is 1. The molecule has 3 N–H and O–H groups in total. The first kappa shape index (κ1) is 12.2. The molecule has 18 heavy (non-hydrogen) atoms. The molecule has 0 aliphatic rings. The molecule has 5 nitrogen and oxygen atoms in total. The van der Waals surface area contributed by atoms with Gasteiger partial charge in [0.2, 0.25) is 0 Å². The van der Waals surface area contributed by atoms with Crippen LogP contribution in [0.25, 0.3) is 0 Å². The van der Waals surface area contributed by atoms with Gasteiger partial charge in [0.05, 0.1) is 18.4 Å². The summed E-state index contributed by atoms with van der Waals surface area (Å²) in [5.41, 5.74) is 7.24. The minimum absolute atomic E-state index is 0.0203. The summed E-state index contributed by atoms with van der Waals surface area (Å²) in [7, 11) is 1.88. The van der Waals surface area contributed by atoms with Crippen molar-refractivity contribution >= 4 is 5.84 Å². The first-order chi connectivity index (χ1) is 8.66. The molecule has 0 amide bonds. The molecule has 0 fully saturated rings. The topological polar surface area (TPSA) is 76.9 Å². The number of nitrogens with zero attached hydrogens (tertiary/aromatic N) is 2. The van der Waals surface area contributed by atoms with Crippen LogP contribution in [-0.2, 0) is 13.5 Å². The molecule has 0 bridgehead atoms. The highest BCUT2D eigenvalue weighted by atomic mass is 16.5. The van der Waals surface area contributed by atoms with E-state index in [1.54, 1.807) is 10.7 Å². The molecule has 94 valence electrons. The van der Waals surface area contributed by atoms with Crippen molar-refractivity contribution in [3.8, 4) is 5.75 Å². The van der Waals surface area contributed by atoms with Crippen molar-refractivity contribution < 1.29 is 4.74 Å². The molecule has 2 rings (SSSR count). The molecule has 1 aromatic carbocycles. The summed E-state index contributed by atoms with van der Waals surface area (Å²) in [6.45, 7) is 0.538. The van der Waals surface area contributed by atoms with E-state index in [1.807, 2.05) is 37.6 Å². The average Bonchev–Trinajstić information content (AvgIpc) is 2.75. The fraction of sp³-hybridized carbons (Fsp3) is 0.231. The summed E-state index contributed by atoms with van der Waals surface area (Å²) >= 11 is 0. The van der Waals surface area contributed by atoms with E-state index in [-0.39, 0.29) is 5.84 Å². The third-order valence-corrected chi connectivity index (χ3v) is 2.58. The van der Waals surface area contributed by atoms with E-state index in [2.05, 4.69) is 5.10 Å². The Balaban J connectivity index is 1.96. The molecule has 1 heterocycles. The van der Waals surface area contributed by atoms with E-state index in [0.717, 1.165) is 12.0 Å². The molecule has 0 aliphatic heterocycles. The number of nitrogens with one attached hydrogen (secondary N) is 1. The monoisotopic (exact) mass is 244 g/mol. The number of rotatable bonds is 5. The number of nitrogens with two attached hydrogens (primary N) is 1. The second-order valence-electron chi connectivity index (χ2n) is 4.03. The lowest BCUT2D eigenvalue weighted by molar-refractivity contribution is 0.321. The van der Waals surface area contributed by atoms with Crippen molar-refractivity contribution in [1.29, 1.82) is 5.41 Å². The summed E-state index contributed by atoms with van der Waals surface area (Å²) in [5.74, 6) is 0.667. The Labute approximate surface area is 106 Å². The van der Waals surface area contributed by atoms with Crippen molar-refractivity contribution in [3.63, 3.8) is 0 Å². The first-order valence-electron chi connectivity index (χ1n) is 5.70. The first-order valence-corrected chi connectivity index (χ1v) is 5.70. The van der Waals surface area contributed by atoms with Gasteiger partial charge < -0.3 is 10.5 Å². The van der Waals surface area contributed by atoms with Crippen LogP contribution < -0.4 is 10.5 Å². The summed E-state index contributed by atoms with van der Waals surface area (Å²) in [6, 6.07) is 7.30. The minimum atomic E-state index is 0.0203. The second-order valence-corrected chi connectivity index (χ2v) is 4.03. The van der Waals surface area contributed by atoms with Gasteiger partial charge in [-0.25, -0.2) is 0 Å². The smallest absolute Gasteiger partial charge is 0.130 e. The van der Waals surface area contributed by atoms with Crippen LogP contribution in [0, 0.1) is 5.41 Å². The molecule has 0 radical (unpaired) electrons. The Morgan fingerprint density at radius 1 is 1.44 bits per heavy atom. The maximum atomic E-state index is 7.46. The highest BCUT2D eigenvalue weighted by Crippen LogP contribution is 2.17. The van der Waals surface area contributed by atoms with Crippen LogP contribution in [-0.4, -0.2) is 22.2 Å². The Morgan fingerprint density at radius 3 is 2.89 bits per heavy atom. The van der Waals surface area contributed by atoms with Gasteiger partial charge >= 0.3 is 0 Å². The molecule has 1 aromatic heterocycles. The normalized spacial score (nSPS) is 10.3. The van der Waals surface area contributed by atoms with Crippen LogP contribution in [0.4, 0.5) is 0 Å². The molecular formula is C13H16N4O. The molecule has 0 unspecified atom stereocenters. The number of ether oxygens (including phenoxy) is 1. The van der Waals surface area contributed by atoms with Gasteiger partial charge in [0.25, 0.3) is 0 Å². The van der Waals surface area contributed by atoms with Crippen LogP contribution in [0.3, 0.4) is 0 Å². The van der Waals surface area contributed by atoms with Crippen LogP contribution in [0.1, 0.15) is 11.1 Å². The van der Waals surface area contributed by atoms with Crippen molar-refractivity contribution in [1.82, 2.24) is 9.78 Å². The van der Waals surface area contributed by atoms with Crippen LogP contribution >= 0.6 is 0 Å². The molecule has 0 atom stereocenters. The van der Waals surface area contributed by atoms with E-state index in [1.165, 1.54) is 0 Å². The van der Waals surface area contributed by atoms with Gasteiger partial charge in [-0.2, -0.15) is 5.10 Å². The lowest BCUT2D eigenvalue weighted by Gasteiger charge is -2.09. The second kappa shape index (κ2) is 5.35. The van der Waals surface area contributed by atoms with E-state index >= 15 is 0 Å². The van der Waals surface area contributed by atoms with Gasteiger partial charge in [0.1, 0.15) is 11.6 Å². The van der Waals surface area contributed by atoms with E-state index in [4.69, 9.17) is 15.9 Å². The molecule has 0 aliphatic carbocycles. The van der Waals surface area contributed by atoms with Gasteiger partial charge in [-0.05, 0) is 17.7 Å². The van der Waals surface area contributed by atoms with Crippen molar-refractivity contribution in [2.45, 2.75) is 6.42 Å². The summed E-state index contributed by atoms with van der Waals surface area (Å²) in [5, 5.41) is 11.6. The zero-order chi connectivity index (χ0) is 13.0. The Kier molecular flexibility index (Phi) is 3.62. The van der Waals surface area contributed by atoms with Gasteiger partial charge in [-0.15, -0.1) is 0 Å². The highest BCUT2D eigenvalue weighted by molar-refractivity contribution is 5.97. The van der Waals surface area contributed by atoms with Crippen LogP contribution in [0.15, 0.2) is 36.7 Å². The zero-order valence-electron chi connectivity index (χ0n) is 10.3. The number of para-hydroxylation sites is 1. The maximum Gasteiger partial charge on any atom is 0.130 e. The molecule has 0 saturated carbocycles.